The number of nitrogens with one attached hydrogen (secondary N) is 2. The van der Waals surface area contributed by atoms with Crippen LogP contribution in [0.15, 0.2) is 29.2 Å². The standard InChI is InChI=1S/C25H21F4N7O.C6H13N.C2H6/c1-35-10-15(19-14(7-30)17(31)4-5-18(19)35)20-16(25(27,28)29)6-13-22(21(20)26)33-24(37)34-23(13)36-8-11-2-3-12(9-36)32-11;1-6-4-3-5-7(6)2;1-2/h4-6,10-12,32H,2-3,8-9,31H2,1H3,(H,33,34,37);6H,3-5H2,1-2H3;1-2H3/t;6-;/m.1./s1. The molecule has 9 nitrogen and oxygen atoms in total. The van der Waals surface area contributed by atoms with Crippen LogP contribution in [0, 0.1) is 17.1 Å². The highest BCUT2D eigenvalue weighted by molar-refractivity contribution is 6.05. The Kier molecular flexibility index (Phi) is 9.33. The van der Waals surface area contributed by atoms with Gasteiger partial charge in [0.1, 0.15) is 11.9 Å². The van der Waals surface area contributed by atoms with Gasteiger partial charge < -0.3 is 30.4 Å². The van der Waals surface area contributed by atoms with E-state index in [-0.39, 0.29) is 51.0 Å². The zero-order valence-electron chi connectivity index (χ0n) is 26.7. The third-order valence-corrected chi connectivity index (χ3v) is 9.22. The van der Waals surface area contributed by atoms with E-state index >= 15 is 4.39 Å². The predicted molar refractivity (Wildman–Crippen MR) is 173 cm³/mol. The number of nitrogens with two attached hydrogens (primary N) is 1. The third-order valence-electron chi connectivity index (χ3n) is 9.22. The molecule has 0 spiro atoms. The van der Waals surface area contributed by atoms with Gasteiger partial charge in [-0.2, -0.15) is 23.4 Å². The fourth-order valence-corrected chi connectivity index (χ4v) is 6.83. The van der Waals surface area contributed by atoms with Crippen LogP contribution in [-0.4, -0.2) is 64.2 Å². The molecule has 246 valence electrons. The number of fused-ring (bicyclic) bond motifs is 4. The molecule has 3 saturated heterocycles. The highest BCUT2D eigenvalue weighted by Gasteiger charge is 2.39. The summed E-state index contributed by atoms with van der Waals surface area (Å²) in [7, 11) is 3.77. The number of nitrogen functional groups attached to an aromatic ring is 1. The number of aromatic amines is 1. The van der Waals surface area contributed by atoms with Gasteiger partial charge in [0.25, 0.3) is 0 Å². The Morgan fingerprint density at radius 2 is 1.78 bits per heavy atom. The van der Waals surface area contributed by atoms with Gasteiger partial charge in [0.15, 0.2) is 5.82 Å². The Labute approximate surface area is 265 Å². The molecule has 3 aliphatic rings. The van der Waals surface area contributed by atoms with Crippen molar-refractivity contribution >= 4 is 33.3 Å². The van der Waals surface area contributed by atoms with Crippen molar-refractivity contribution in [3.05, 3.63) is 51.8 Å². The molecule has 0 saturated carbocycles. The van der Waals surface area contributed by atoms with E-state index in [9.17, 15) is 23.2 Å². The summed E-state index contributed by atoms with van der Waals surface area (Å²) >= 11 is 0. The van der Waals surface area contributed by atoms with Crippen LogP contribution in [0.1, 0.15) is 57.6 Å². The first kappa shape index (κ1) is 33.2. The minimum absolute atomic E-state index is 0.0213. The summed E-state index contributed by atoms with van der Waals surface area (Å²) in [5, 5.41) is 13.1. The second-order valence-electron chi connectivity index (χ2n) is 12.1. The fraction of sp³-hybridized carbons (Fsp3) is 0.485. The Morgan fingerprint density at radius 1 is 1.11 bits per heavy atom. The van der Waals surface area contributed by atoms with Crippen LogP contribution in [0.5, 0.6) is 0 Å². The fourth-order valence-electron chi connectivity index (χ4n) is 6.83. The summed E-state index contributed by atoms with van der Waals surface area (Å²) < 4.78 is 61.3. The van der Waals surface area contributed by atoms with Gasteiger partial charge in [-0.1, -0.05) is 13.8 Å². The number of nitriles is 1. The van der Waals surface area contributed by atoms with Crippen LogP contribution in [0.2, 0.25) is 0 Å². The average Bonchev–Trinajstić information content (AvgIpc) is 3.68. The molecule has 2 aromatic heterocycles. The number of likely N-dealkylation sites (tertiary alicyclic amines) is 1. The van der Waals surface area contributed by atoms with E-state index in [0.717, 1.165) is 24.9 Å². The van der Waals surface area contributed by atoms with Gasteiger partial charge in [-0.25, -0.2) is 9.18 Å². The summed E-state index contributed by atoms with van der Waals surface area (Å²) in [6.07, 6.45) is 0.989. The highest BCUT2D eigenvalue weighted by atomic mass is 19.4. The van der Waals surface area contributed by atoms with Crippen LogP contribution in [0.25, 0.3) is 32.9 Å². The van der Waals surface area contributed by atoms with Gasteiger partial charge in [0.05, 0.1) is 22.3 Å². The zero-order chi connectivity index (χ0) is 33.5. The zero-order valence-corrected chi connectivity index (χ0v) is 26.7. The molecule has 0 radical (unpaired) electrons. The molecule has 5 heterocycles. The Bertz CT molecular complexity index is 1840. The monoisotopic (exact) mass is 640 g/mol. The van der Waals surface area contributed by atoms with Gasteiger partial charge in [0.2, 0.25) is 0 Å². The van der Waals surface area contributed by atoms with Crippen molar-refractivity contribution in [2.24, 2.45) is 7.05 Å². The van der Waals surface area contributed by atoms with Crippen molar-refractivity contribution < 1.29 is 17.6 Å². The maximum absolute atomic E-state index is 16.3. The van der Waals surface area contributed by atoms with Crippen molar-refractivity contribution in [1.82, 2.24) is 24.8 Å². The first-order valence-electron chi connectivity index (χ1n) is 15.7. The minimum Gasteiger partial charge on any atom is -0.398 e. The number of piperazine rings is 1. The van der Waals surface area contributed by atoms with Gasteiger partial charge in [0, 0.05) is 71.9 Å². The molecule has 7 rings (SSSR count). The van der Waals surface area contributed by atoms with E-state index in [1.807, 2.05) is 19.9 Å². The number of benzene rings is 2. The maximum atomic E-state index is 16.3. The number of anilines is 2. The van der Waals surface area contributed by atoms with E-state index in [4.69, 9.17) is 5.73 Å². The first-order valence-corrected chi connectivity index (χ1v) is 15.7. The summed E-state index contributed by atoms with van der Waals surface area (Å²) in [5.74, 6) is -1.23. The number of aromatic nitrogens is 3. The van der Waals surface area contributed by atoms with Crippen LogP contribution in [-0.2, 0) is 13.2 Å². The van der Waals surface area contributed by atoms with E-state index in [2.05, 4.69) is 34.2 Å². The quantitative estimate of drug-likeness (QED) is 0.188. The number of nitrogens with zero attached hydrogens (tertiary/aromatic N) is 5. The minimum atomic E-state index is -4.95. The van der Waals surface area contributed by atoms with Gasteiger partial charge in [-0.3, -0.25) is 0 Å². The van der Waals surface area contributed by atoms with E-state index < -0.39 is 28.8 Å². The van der Waals surface area contributed by atoms with Gasteiger partial charge in [-0.05, 0) is 64.4 Å². The number of halogens is 4. The molecular formula is C33H40F4N8O. The molecule has 4 N–H and O–H groups in total. The molecule has 3 fully saturated rings. The van der Waals surface area contributed by atoms with Crippen LogP contribution in [0.4, 0.5) is 29.1 Å². The molecule has 2 aromatic carbocycles. The number of alkyl halides is 3. The van der Waals surface area contributed by atoms with Crippen molar-refractivity contribution in [2.75, 3.05) is 37.3 Å². The lowest BCUT2D eigenvalue weighted by Crippen LogP contribution is -2.51. The SMILES string of the molecule is CC.C[C@@H]1CCCN1C.Cn1cc(-c2c(C(F)(F)F)cc3c(N4CC5CCC(C4)N5)nc(=O)[nH]c3c2F)c2c(C#N)c(N)ccc21. The van der Waals surface area contributed by atoms with Gasteiger partial charge >= 0.3 is 11.9 Å². The summed E-state index contributed by atoms with van der Waals surface area (Å²) in [4.78, 5) is 22.9. The number of hydrogen-bond acceptors (Lipinski definition) is 7. The van der Waals surface area contributed by atoms with Crippen LogP contribution >= 0.6 is 0 Å². The Hall–Kier alpha value is -4.15. The van der Waals surface area contributed by atoms with Crippen LogP contribution in [0.3, 0.4) is 0 Å². The van der Waals surface area contributed by atoms with E-state index in [1.165, 1.54) is 36.2 Å². The Balaban J connectivity index is 0.000000406. The largest absolute Gasteiger partial charge is 0.417 e. The second-order valence-corrected chi connectivity index (χ2v) is 12.1. The van der Waals surface area contributed by atoms with Crippen molar-refractivity contribution in [3.8, 4) is 17.2 Å². The Morgan fingerprint density at radius 3 is 2.33 bits per heavy atom. The number of H-pyrrole nitrogens is 1. The molecular weight excluding hydrogens is 600 g/mol. The van der Waals surface area contributed by atoms with Crippen LogP contribution < -0.4 is 21.6 Å². The molecule has 2 unspecified atom stereocenters. The van der Waals surface area contributed by atoms with E-state index in [0.29, 0.717) is 18.6 Å². The maximum Gasteiger partial charge on any atom is 0.417 e. The molecule has 46 heavy (non-hydrogen) atoms. The smallest absolute Gasteiger partial charge is 0.398 e. The van der Waals surface area contributed by atoms with Crippen molar-refractivity contribution in [3.63, 3.8) is 0 Å². The number of aryl methyl sites for hydroxylation is 1. The summed E-state index contributed by atoms with van der Waals surface area (Å²) in [5.41, 5.74) is 2.98. The van der Waals surface area contributed by atoms with Crippen molar-refractivity contribution in [2.45, 2.75) is 70.8 Å². The number of hydrogen-bond donors (Lipinski definition) is 3. The molecule has 0 aliphatic carbocycles. The van der Waals surface area contributed by atoms with Gasteiger partial charge in [-0.15, -0.1) is 0 Å². The number of rotatable bonds is 2. The molecule has 3 atom stereocenters. The highest BCUT2D eigenvalue weighted by Crippen LogP contribution is 2.46. The summed E-state index contributed by atoms with van der Waals surface area (Å²) in [6, 6.07) is 6.89. The molecule has 2 bridgehead atoms. The average molecular weight is 641 g/mol. The topological polar surface area (TPSA) is 119 Å². The predicted octanol–water partition coefficient (Wildman–Crippen LogP) is 5.76. The lowest BCUT2D eigenvalue weighted by Gasteiger charge is -2.34. The molecule has 4 aromatic rings. The molecule has 0 amide bonds. The molecule has 13 heteroatoms. The lowest BCUT2D eigenvalue weighted by atomic mass is 9.93. The summed E-state index contributed by atoms with van der Waals surface area (Å²) in [6.45, 7) is 8.48. The second kappa shape index (κ2) is 12.9. The van der Waals surface area contributed by atoms with E-state index in [1.54, 1.807) is 18.0 Å². The normalized spacial score (nSPS) is 21.1. The molecule has 3 aliphatic heterocycles. The lowest BCUT2D eigenvalue weighted by molar-refractivity contribution is -0.137. The third kappa shape index (κ3) is 6.03. The van der Waals surface area contributed by atoms with Crippen molar-refractivity contribution in [1.29, 1.82) is 5.26 Å². The first-order chi connectivity index (χ1) is 21.9.